The van der Waals surface area contributed by atoms with Gasteiger partial charge >= 0.3 is 5.97 Å². The Hall–Kier alpha value is -0.570. The molecule has 0 aromatic heterocycles. The molecule has 0 amide bonds. The molecule has 1 unspecified atom stereocenters. The van der Waals surface area contributed by atoms with Gasteiger partial charge in [-0.15, -0.1) is 0 Å². The van der Waals surface area contributed by atoms with E-state index in [1.165, 1.54) is 12.8 Å². The lowest BCUT2D eigenvalue weighted by molar-refractivity contribution is -0.137. The van der Waals surface area contributed by atoms with Gasteiger partial charge in [-0.05, 0) is 45.7 Å². The minimum atomic E-state index is -0.696. The van der Waals surface area contributed by atoms with Gasteiger partial charge < -0.3 is 10.0 Å². The first-order valence-electron chi connectivity index (χ1n) is 5.85. The molecule has 0 saturated carbocycles. The highest BCUT2D eigenvalue weighted by Gasteiger charge is 2.09. The number of hydrogen-bond acceptors (Lipinski definition) is 2. The average Bonchev–Trinajstić information content (AvgIpc) is 2.13. The van der Waals surface area contributed by atoms with Crippen molar-refractivity contribution in [2.24, 2.45) is 5.92 Å². The van der Waals surface area contributed by atoms with Gasteiger partial charge in [0.05, 0.1) is 0 Å². The first kappa shape index (κ1) is 14.4. The highest BCUT2D eigenvalue weighted by Crippen LogP contribution is 2.11. The summed E-state index contributed by atoms with van der Waals surface area (Å²) < 4.78 is 0. The van der Waals surface area contributed by atoms with E-state index in [1.807, 2.05) is 0 Å². The lowest BCUT2D eigenvalue weighted by Gasteiger charge is -2.25. The fourth-order valence-electron chi connectivity index (χ4n) is 1.49. The zero-order chi connectivity index (χ0) is 11.8. The molecule has 90 valence electrons. The molecule has 0 aliphatic rings. The maximum Gasteiger partial charge on any atom is 0.303 e. The number of hydrogen-bond donors (Lipinski definition) is 1. The van der Waals surface area contributed by atoms with Crippen LogP contribution in [0.4, 0.5) is 0 Å². The number of rotatable bonds is 8. The normalized spacial score (nSPS) is 13.5. The molecule has 0 bridgehead atoms. The second-order valence-corrected chi connectivity index (χ2v) is 4.80. The second kappa shape index (κ2) is 7.69. The summed E-state index contributed by atoms with van der Waals surface area (Å²) in [5.74, 6) is 0.0538. The van der Waals surface area contributed by atoms with Gasteiger partial charge in [0.1, 0.15) is 0 Å². The van der Waals surface area contributed by atoms with Gasteiger partial charge in [-0.3, -0.25) is 4.79 Å². The quantitative estimate of drug-likeness (QED) is 0.676. The molecule has 0 aromatic carbocycles. The minimum Gasteiger partial charge on any atom is -0.481 e. The van der Waals surface area contributed by atoms with Crippen LogP contribution in [0.25, 0.3) is 0 Å². The summed E-state index contributed by atoms with van der Waals surface area (Å²) in [7, 11) is 2.08. The second-order valence-electron chi connectivity index (χ2n) is 4.80. The first-order valence-corrected chi connectivity index (χ1v) is 5.85. The van der Waals surface area contributed by atoms with Crippen LogP contribution in [-0.4, -0.2) is 35.6 Å². The zero-order valence-electron chi connectivity index (χ0n) is 10.5. The van der Waals surface area contributed by atoms with E-state index >= 15 is 0 Å². The SMILES string of the molecule is CC(C)CCC(C)N(C)CCCC(=O)O. The van der Waals surface area contributed by atoms with Crippen molar-refractivity contribution in [1.29, 1.82) is 0 Å². The van der Waals surface area contributed by atoms with Crippen molar-refractivity contribution in [2.45, 2.75) is 52.5 Å². The summed E-state index contributed by atoms with van der Waals surface area (Å²) in [4.78, 5) is 12.6. The zero-order valence-corrected chi connectivity index (χ0v) is 10.5. The largest absolute Gasteiger partial charge is 0.481 e. The lowest BCUT2D eigenvalue weighted by atomic mass is 10.0. The van der Waals surface area contributed by atoms with Crippen molar-refractivity contribution in [2.75, 3.05) is 13.6 Å². The fourth-order valence-corrected chi connectivity index (χ4v) is 1.49. The van der Waals surface area contributed by atoms with Crippen LogP contribution in [0.1, 0.15) is 46.5 Å². The molecule has 0 aromatic rings. The molecule has 0 aliphatic heterocycles. The number of carboxylic acid groups (broad SMARTS) is 1. The van der Waals surface area contributed by atoms with Crippen LogP contribution in [0.5, 0.6) is 0 Å². The Labute approximate surface area is 93.5 Å². The number of carbonyl (C=O) groups is 1. The molecule has 0 saturated heterocycles. The van der Waals surface area contributed by atoms with Gasteiger partial charge in [-0.1, -0.05) is 13.8 Å². The summed E-state index contributed by atoms with van der Waals surface area (Å²) in [6, 6.07) is 0.557. The van der Waals surface area contributed by atoms with E-state index in [-0.39, 0.29) is 6.42 Å². The first-order chi connectivity index (χ1) is 6.93. The molecular formula is C12H25NO2. The Morgan fingerprint density at radius 2 is 1.87 bits per heavy atom. The van der Waals surface area contributed by atoms with E-state index in [0.29, 0.717) is 6.04 Å². The molecule has 0 radical (unpaired) electrons. The van der Waals surface area contributed by atoms with Crippen LogP contribution in [0.2, 0.25) is 0 Å². The monoisotopic (exact) mass is 215 g/mol. The van der Waals surface area contributed by atoms with Gasteiger partial charge in [0.15, 0.2) is 0 Å². The number of carboxylic acids is 1. The summed E-state index contributed by atoms with van der Waals surface area (Å²) >= 11 is 0. The van der Waals surface area contributed by atoms with Crippen LogP contribution >= 0.6 is 0 Å². The Bertz CT molecular complexity index is 180. The molecule has 1 N–H and O–H groups in total. The highest BCUT2D eigenvalue weighted by molar-refractivity contribution is 5.66. The summed E-state index contributed by atoms with van der Waals surface area (Å²) in [6.07, 6.45) is 3.46. The molecule has 3 nitrogen and oxygen atoms in total. The molecular weight excluding hydrogens is 190 g/mol. The van der Waals surface area contributed by atoms with Crippen LogP contribution in [-0.2, 0) is 4.79 Å². The molecule has 0 aliphatic carbocycles. The molecule has 0 rings (SSSR count). The molecule has 1 atom stereocenters. The topological polar surface area (TPSA) is 40.5 Å². The fraction of sp³-hybridized carbons (Fsp3) is 0.917. The maximum atomic E-state index is 10.3. The minimum absolute atomic E-state index is 0.279. The maximum absolute atomic E-state index is 10.3. The van der Waals surface area contributed by atoms with Gasteiger partial charge in [0.2, 0.25) is 0 Å². The van der Waals surface area contributed by atoms with Crippen molar-refractivity contribution in [3.05, 3.63) is 0 Å². The van der Waals surface area contributed by atoms with Gasteiger partial charge in [0, 0.05) is 12.5 Å². The van der Waals surface area contributed by atoms with Crippen LogP contribution in [0.3, 0.4) is 0 Å². The van der Waals surface area contributed by atoms with E-state index in [1.54, 1.807) is 0 Å². The van der Waals surface area contributed by atoms with Crippen molar-refractivity contribution in [3.8, 4) is 0 Å². The molecule has 3 heteroatoms. The summed E-state index contributed by atoms with van der Waals surface area (Å²) in [6.45, 7) is 7.56. The molecule has 0 fully saturated rings. The van der Waals surface area contributed by atoms with Crippen LogP contribution in [0.15, 0.2) is 0 Å². The van der Waals surface area contributed by atoms with Crippen molar-refractivity contribution in [3.63, 3.8) is 0 Å². The van der Waals surface area contributed by atoms with Crippen molar-refractivity contribution < 1.29 is 9.90 Å². The Kier molecular flexibility index (Phi) is 7.39. The van der Waals surface area contributed by atoms with Crippen molar-refractivity contribution in [1.82, 2.24) is 4.90 Å². The van der Waals surface area contributed by atoms with E-state index in [2.05, 4.69) is 32.7 Å². The summed E-state index contributed by atoms with van der Waals surface area (Å²) in [5.41, 5.74) is 0. The number of aliphatic carboxylic acids is 1. The predicted molar refractivity (Wildman–Crippen MR) is 63.0 cm³/mol. The summed E-state index contributed by atoms with van der Waals surface area (Å²) in [5, 5.41) is 8.52. The van der Waals surface area contributed by atoms with E-state index in [4.69, 9.17) is 5.11 Å². The smallest absolute Gasteiger partial charge is 0.303 e. The van der Waals surface area contributed by atoms with Crippen LogP contribution in [0, 0.1) is 5.92 Å². The highest BCUT2D eigenvalue weighted by atomic mass is 16.4. The van der Waals surface area contributed by atoms with Gasteiger partial charge in [-0.25, -0.2) is 0 Å². The predicted octanol–water partition coefficient (Wildman–Crippen LogP) is 2.61. The molecule has 0 heterocycles. The Morgan fingerprint density at radius 1 is 1.27 bits per heavy atom. The standard InChI is InChI=1S/C12H25NO2/c1-10(2)7-8-11(3)13(4)9-5-6-12(14)15/h10-11H,5-9H2,1-4H3,(H,14,15). The van der Waals surface area contributed by atoms with E-state index < -0.39 is 5.97 Å². The van der Waals surface area contributed by atoms with E-state index in [0.717, 1.165) is 18.9 Å². The third kappa shape index (κ3) is 8.43. The average molecular weight is 215 g/mol. The number of nitrogens with zero attached hydrogens (tertiary/aromatic N) is 1. The Morgan fingerprint density at radius 3 is 2.33 bits per heavy atom. The van der Waals surface area contributed by atoms with E-state index in [9.17, 15) is 4.79 Å². The third-order valence-electron chi connectivity index (χ3n) is 2.82. The van der Waals surface area contributed by atoms with Gasteiger partial charge in [0.25, 0.3) is 0 Å². The van der Waals surface area contributed by atoms with Crippen LogP contribution < -0.4 is 0 Å². The molecule has 0 spiro atoms. The lowest BCUT2D eigenvalue weighted by Crippen LogP contribution is -2.30. The van der Waals surface area contributed by atoms with Gasteiger partial charge in [-0.2, -0.15) is 0 Å². The third-order valence-corrected chi connectivity index (χ3v) is 2.82. The Balaban J connectivity index is 3.59. The molecule has 15 heavy (non-hydrogen) atoms. The van der Waals surface area contributed by atoms with Crippen molar-refractivity contribution >= 4 is 5.97 Å².